The zero-order valence-corrected chi connectivity index (χ0v) is 15.4. The molecule has 3 rings (SSSR count). The molecule has 0 spiro atoms. The second kappa shape index (κ2) is 8.79. The molecule has 0 bridgehead atoms. The number of Topliss-reactive ketones (excluding diaryl/α,β-unsaturated/α-hetero) is 1. The van der Waals surface area contributed by atoms with Crippen LogP contribution in [0.25, 0.3) is 10.9 Å². The largest absolute Gasteiger partial charge is 0.385 e. The second-order valence-electron chi connectivity index (χ2n) is 6.40. The number of ether oxygens (including phenoxy) is 1. The molecule has 0 amide bonds. The van der Waals surface area contributed by atoms with Gasteiger partial charge in [0.15, 0.2) is 5.78 Å². The van der Waals surface area contributed by atoms with Gasteiger partial charge in [-0.2, -0.15) is 0 Å². The van der Waals surface area contributed by atoms with Gasteiger partial charge in [-0.1, -0.05) is 55.5 Å². The summed E-state index contributed by atoms with van der Waals surface area (Å²) >= 11 is 0. The van der Waals surface area contributed by atoms with E-state index in [1.807, 2.05) is 48.7 Å². The fourth-order valence-corrected chi connectivity index (χ4v) is 3.34. The predicted molar refractivity (Wildman–Crippen MR) is 106 cm³/mol. The number of H-pyrrole nitrogens is 1. The van der Waals surface area contributed by atoms with Crippen molar-refractivity contribution in [3.05, 3.63) is 71.4 Å². The number of rotatable bonds is 9. The molecule has 1 atom stereocenters. The minimum absolute atomic E-state index is 0.0909. The zero-order valence-electron chi connectivity index (χ0n) is 15.4. The van der Waals surface area contributed by atoms with Gasteiger partial charge in [0.05, 0.1) is 6.04 Å². The van der Waals surface area contributed by atoms with Crippen molar-refractivity contribution in [1.82, 2.24) is 10.3 Å². The first-order chi connectivity index (χ1) is 12.8. The Morgan fingerprint density at radius 3 is 2.69 bits per heavy atom. The van der Waals surface area contributed by atoms with E-state index in [-0.39, 0.29) is 11.8 Å². The smallest absolute Gasteiger partial charge is 0.186 e. The monoisotopic (exact) mass is 350 g/mol. The molecule has 0 saturated carbocycles. The van der Waals surface area contributed by atoms with Gasteiger partial charge in [0.2, 0.25) is 0 Å². The van der Waals surface area contributed by atoms with Gasteiger partial charge < -0.3 is 15.0 Å². The van der Waals surface area contributed by atoms with E-state index in [9.17, 15) is 4.79 Å². The Kier molecular flexibility index (Phi) is 6.21. The van der Waals surface area contributed by atoms with Crippen LogP contribution >= 0.6 is 0 Å². The van der Waals surface area contributed by atoms with Crippen molar-refractivity contribution in [3.8, 4) is 0 Å². The number of carbonyl (C=O) groups excluding carboxylic acids is 1. The molecule has 136 valence electrons. The van der Waals surface area contributed by atoms with Crippen molar-refractivity contribution in [2.75, 3.05) is 20.3 Å². The average Bonchev–Trinajstić information content (AvgIpc) is 3.12. The van der Waals surface area contributed by atoms with Gasteiger partial charge in [0.1, 0.15) is 0 Å². The molecule has 0 aliphatic rings. The number of para-hydroxylation sites is 1. The topological polar surface area (TPSA) is 54.1 Å². The van der Waals surface area contributed by atoms with Crippen molar-refractivity contribution < 1.29 is 9.53 Å². The van der Waals surface area contributed by atoms with E-state index in [4.69, 9.17) is 4.74 Å². The van der Waals surface area contributed by atoms with Gasteiger partial charge in [0, 0.05) is 36.4 Å². The molecule has 0 unspecified atom stereocenters. The van der Waals surface area contributed by atoms with Gasteiger partial charge in [-0.3, -0.25) is 4.79 Å². The third-order valence-corrected chi connectivity index (χ3v) is 4.72. The quantitative estimate of drug-likeness (QED) is 0.447. The van der Waals surface area contributed by atoms with E-state index < -0.39 is 0 Å². The predicted octanol–water partition coefficient (Wildman–Crippen LogP) is 4.28. The first kappa shape index (κ1) is 18.4. The molecule has 0 aliphatic carbocycles. The highest BCUT2D eigenvalue weighted by molar-refractivity contribution is 6.11. The fourth-order valence-electron chi connectivity index (χ4n) is 3.34. The number of fused-ring (bicyclic) bond motifs is 1. The number of hydrogen-bond donors (Lipinski definition) is 2. The van der Waals surface area contributed by atoms with Crippen molar-refractivity contribution in [2.24, 2.45) is 0 Å². The third kappa shape index (κ3) is 3.87. The average molecular weight is 350 g/mol. The number of aromatic amines is 1. The lowest BCUT2D eigenvalue weighted by Crippen LogP contribution is -2.30. The van der Waals surface area contributed by atoms with Crippen LogP contribution in [0, 0.1) is 0 Å². The Morgan fingerprint density at radius 1 is 1.15 bits per heavy atom. The van der Waals surface area contributed by atoms with E-state index in [0.29, 0.717) is 6.61 Å². The highest BCUT2D eigenvalue weighted by atomic mass is 16.5. The number of ketones is 1. The second-order valence-corrected chi connectivity index (χ2v) is 6.40. The van der Waals surface area contributed by atoms with E-state index in [1.54, 1.807) is 7.11 Å². The van der Waals surface area contributed by atoms with E-state index in [2.05, 4.69) is 23.3 Å². The Labute approximate surface area is 154 Å². The molecule has 1 aromatic heterocycles. The van der Waals surface area contributed by atoms with Crippen LogP contribution in [0.1, 0.15) is 40.9 Å². The van der Waals surface area contributed by atoms with E-state index >= 15 is 0 Å². The van der Waals surface area contributed by atoms with Crippen molar-refractivity contribution in [3.63, 3.8) is 0 Å². The van der Waals surface area contributed by atoms with Gasteiger partial charge in [-0.15, -0.1) is 0 Å². The molecule has 4 heteroatoms. The summed E-state index contributed by atoms with van der Waals surface area (Å²) in [6.07, 6.45) is 3.64. The summed E-state index contributed by atoms with van der Waals surface area (Å²) in [5.74, 6) is 0.0909. The van der Waals surface area contributed by atoms with Crippen molar-refractivity contribution >= 4 is 16.7 Å². The lowest BCUT2D eigenvalue weighted by molar-refractivity contribution is 0.0942. The number of aryl methyl sites for hydroxylation is 1. The van der Waals surface area contributed by atoms with Crippen LogP contribution in [0.2, 0.25) is 0 Å². The summed E-state index contributed by atoms with van der Waals surface area (Å²) in [6, 6.07) is 15.7. The molecule has 0 fully saturated rings. The van der Waals surface area contributed by atoms with Gasteiger partial charge in [-0.05, 0) is 30.5 Å². The van der Waals surface area contributed by atoms with Crippen LogP contribution in [0.15, 0.2) is 54.7 Å². The number of benzene rings is 2. The third-order valence-electron chi connectivity index (χ3n) is 4.72. The first-order valence-corrected chi connectivity index (χ1v) is 9.16. The first-order valence-electron chi connectivity index (χ1n) is 9.16. The molecule has 4 nitrogen and oxygen atoms in total. The van der Waals surface area contributed by atoms with E-state index in [0.717, 1.165) is 41.4 Å². The molecule has 3 aromatic rings. The molecular weight excluding hydrogens is 324 g/mol. The van der Waals surface area contributed by atoms with Crippen molar-refractivity contribution in [1.29, 1.82) is 0 Å². The lowest BCUT2D eigenvalue weighted by Gasteiger charge is -2.18. The number of nitrogens with one attached hydrogen (secondary N) is 2. The van der Waals surface area contributed by atoms with Crippen LogP contribution in [-0.4, -0.2) is 31.0 Å². The van der Waals surface area contributed by atoms with Crippen LogP contribution in [0.4, 0.5) is 0 Å². The summed E-state index contributed by atoms with van der Waals surface area (Å²) in [5.41, 5.74) is 4.01. The maximum Gasteiger partial charge on any atom is 0.186 e. The normalized spacial score (nSPS) is 12.4. The Hall–Kier alpha value is -2.43. The Morgan fingerprint density at radius 2 is 1.96 bits per heavy atom. The number of carbonyl (C=O) groups is 1. The maximum atomic E-state index is 13.4. The fraction of sp³-hybridized carbons (Fsp3) is 0.318. The highest BCUT2D eigenvalue weighted by Crippen LogP contribution is 2.27. The van der Waals surface area contributed by atoms with Crippen molar-refractivity contribution in [2.45, 2.75) is 25.8 Å². The van der Waals surface area contributed by atoms with Crippen LogP contribution in [0.3, 0.4) is 0 Å². The minimum Gasteiger partial charge on any atom is -0.385 e. The summed E-state index contributed by atoms with van der Waals surface area (Å²) in [7, 11) is 1.69. The van der Waals surface area contributed by atoms with Gasteiger partial charge >= 0.3 is 0 Å². The Balaban J connectivity index is 1.92. The zero-order chi connectivity index (χ0) is 18.4. The van der Waals surface area contributed by atoms with Gasteiger partial charge in [0.25, 0.3) is 0 Å². The maximum absolute atomic E-state index is 13.4. The molecule has 1 heterocycles. The summed E-state index contributed by atoms with van der Waals surface area (Å²) < 4.78 is 5.12. The molecule has 2 aromatic carbocycles. The number of aromatic nitrogens is 1. The summed E-state index contributed by atoms with van der Waals surface area (Å²) in [6.45, 7) is 3.53. The van der Waals surface area contributed by atoms with Gasteiger partial charge in [-0.25, -0.2) is 0 Å². The van der Waals surface area contributed by atoms with Crippen LogP contribution in [-0.2, 0) is 11.2 Å². The molecule has 0 radical (unpaired) electrons. The van der Waals surface area contributed by atoms with Crippen LogP contribution < -0.4 is 5.32 Å². The van der Waals surface area contributed by atoms with E-state index in [1.165, 1.54) is 5.56 Å². The molecule has 0 saturated heterocycles. The standard InChI is InChI=1S/C22H26N2O2/c1-3-16-11-7-12-18-19(15-24-20(16)18)22(25)21(23-13-8-14-26-2)17-9-5-4-6-10-17/h4-7,9-12,15,21,23-24H,3,8,13-14H2,1-2H3/t21-/m1/s1. The lowest BCUT2D eigenvalue weighted by atomic mass is 9.96. The Bertz CT molecular complexity index is 855. The highest BCUT2D eigenvalue weighted by Gasteiger charge is 2.24. The molecule has 26 heavy (non-hydrogen) atoms. The summed E-state index contributed by atoms with van der Waals surface area (Å²) in [4.78, 5) is 16.7. The SMILES string of the molecule is CCc1cccc2c(C(=O)[C@H](NCCCOC)c3ccccc3)c[nH]c12. The number of methoxy groups -OCH3 is 1. The molecule has 2 N–H and O–H groups in total. The van der Waals surface area contributed by atoms with Crippen LogP contribution in [0.5, 0.6) is 0 Å². The molecular formula is C22H26N2O2. The molecule has 0 aliphatic heterocycles. The summed E-state index contributed by atoms with van der Waals surface area (Å²) in [5, 5.41) is 4.40. The minimum atomic E-state index is -0.364. The number of hydrogen-bond acceptors (Lipinski definition) is 3.